The first kappa shape index (κ1) is 12.0. The van der Waals surface area contributed by atoms with Gasteiger partial charge in [-0.1, -0.05) is 44.7 Å². The Bertz CT molecular complexity index is 486. The van der Waals surface area contributed by atoms with Gasteiger partial charge in [0.2, 0.25) is 0 Å². The molecule has 0 aromatic carbocycles. The van der Waals surface area contributed by atoms with Crippen LogP contribution in [0.3, 0.4) is 0 Å². The summed E-state index contributed by atoms with van der Waals surface area (Å²) in [6.07, 6.45) is 10.2. The van der Waals surface area contributed by atoms with E-state index in [1.54, 1.807) is 0 Å². The molecule has 0 amide bonds. The van der Waals surface area contributed by atoms with E-state index in [1.165, 1.54) is 16.7 Å². The van der Waals surface area contributed by atoms with Crippen LogP contribution in [0.1, 0.15) is 43.4 Å². The summed E-state index contributed by atoms with van der Waals surface area (Å²) in [5.74, 6) is 2.78. The first-order valence-electron chi connectivity index (χ1n) is 6.29. The summed E-state index contributed by atoms with van der Waals surface area (Å²) in [5.41, 5.74) is 3.90. The molecule has 0 spiro atoms. The van der Waals surface area contributed by atoms with Crippen LogP contribution in [-0.2, 0) is 12.8 Å². The molecule has 0 saturated carbocycles. The average molecular weight is 228 g/mol. The van der Waals surface area contributed by atoms with Crippen molar-refractivity contribution >= 4 is 11.6 Å². The molecule has 1 nitrogen and oxygen atoms in total. The predicted molar refractivity (Wildman–Crippen MR) is 73.8 cm³/mol. The Morgan fingerprint density at radius 2 is 2.29 bits per heavy atom. The van der Waals surface area contributed by atoms with E-state index in [0.717, 1.165) is 24.4 Å². The minimum Gasteiger partial charge on any atom is -0.461 e. The van der Waals surface area contributed by atoms with Crippen LogP contribution in [0.4, 0.5) is 0 Å². The van der Waals surface area contributed by atoms with E-state index in [9.17, 15) is 0 Å². The molecule has 2 rings (SSSR count). The molecule has 0 aliphatic heterocycles. The Kier molecular flexibility index (Phi) is 3.37. The van der Waals surface area contributed by atoms with E-state index in [2.05, 4.69) is 39.5 Å². The van der Waals surface area contributed by atoms with Crippen LogP contribution in [0.25, 0.3) is 11.6 Å². The minimum atomic E-state index is 0.598. The Morgan fingerprint density at radius 1 is 1.53 bits per heavy atom. The van der Waals surface area contributed by atoms with E-state index >= 15 is 0 Å². The lowest BCUT2D eigenvalue weighted by molar-refractivity contribution is 0.496. The van der Waals surface area contributed by atoms with Gasteiger partial charge in [0.25, 0.3) is 0 Å². The topological polar surface area (TPSA) is 13.1 Å². The summed E-state index contributed by atoms with van der Waals surface area (Å²) in [6.45, 7) is 10.3. The molecule has 1 aliphatic carbocycles. The maximum atomic E-state index is 5.99. The summed E-state index contributed by atoms with van der Waals surface area (Å²) in [7, 11) is 0. The van der Waals surface area contributed by atoms with Gasteiger partial charge >= 0.3 is 0 Å². The molecule has 1 aromatic rings. The van der Waals surface area contributed by atoms with E-state index in [-0.39, 0.29) is 0 Å². The zero-order valence-electron chi connectivity index (χ0n) is 10.9. The number of fused-ring (bicyclic) bond motifs is 1. The average Bonchev–Trinajstić information content (AvgIpc) is 2.64. The first-order valence-corrected chi connectivity index (χ1v) is 6.29. The van der Waals surface area contributed by atoms with Crippen LogP contribution in [0.5, 0.6) is 0 Å². The van der Waals surface area contributed by atoms with Crippen molar-refractivity contribution in [2.75, 3.05) is 0 Å². The number of rotatable bonds is 3. The molecule has 0 fully saturated rings. The van der Waals surface area contributed by atoms with Crippen molar-refractivity contribution in [2.24, 2.45) is 5.92 Å². The zero-order valence-corrected chi connectivity index (χ0v) is 10.9. The Morgan fingerprint density at radius 3 is 2.94 bits per heavy atom. The van der Waals surface area contributed by atoms with Crippen molar-refractivity contribution in [1.29, 1.82) is 0 Å². The molecule has 1 heteroatoms. The van der Waals surface area contributed by atoms with Gasteiger partial charge in [-0.2, -0.15) is 0 Å². The molecular weight excluding hydrogens is 208 g/mol. The Hall–Kier alpha value is -1.50. The first-order chi connectivity index (χ1) is 8.17. The molecule has 0 bridgehead atoms. The highest BCUT2D eigenvalue weighted by molar-refractivity contribution is 5.71. The lowest BCUT2D eigenvalue weighted by Crippen LogP contribution is -2.05. The lowest BCUT2D eigenvalue weighted by Gasteiger charge is -2.15. The number of hydrogen-bond donors (Lipinski definition) is 0. The summed E-state index contributed by atoms with van der Waals surface area (Å²) in [4.78, 5) is 0. The van der Waals surface area contributed by atoms with Crippen molar-refractivity contribution in [2.45, 2.75) is 33.6 Å². The van der Waals surface area contributed by atoms with Crippen molar-refractivity contribution < 1.29 is 4.42 Å². The monoisotopic (exact) mass is 228 g/mol. The number of hydrogen-bond acceptors (Lipinski definition) is 1. The third kappa shape index (κ3) is 2.14. The molecule has 1 aliphatic rings. The molecule has 0 N–H and O–H groups in total. The summed E-state index contributed by atoms with van der Waals surface area (Å²) >= 11 is 0. The van der Waals surface area contributed by atoms with E-state index in [1.807, 2.05) is 12.2 Å². The zero-order chi connectivity index (χ0) is 12.4. The molecule has 90 valence electrons. The molecule has 0 saturated heterocycles. The van der Waals surface area contributed by atoms with E-state index in [4.69, 9.17) is 4.42 Å². The maximum absolute atomic E-state index is 5.99. The van der Waals surface area contributed by atoms with Gasteiger partial charge in [-0.3, -0.25) is 0 Å². The van der Waals surface area contributed by atoms with Crippen LogP contribution in [0.15, 0.2) is 29.2 Å². The summed E-state index contributed by atoms with van der Waals surface area (Å²) in [5, 5.41) is 0. The smallest absolute Gasteiger partial charge is 0.133 e. The fourth-order valence-electron chi connectivity index (χ4n) is 2.56. The van der Waals surface area contributed by atoms with E-state index in [0.29, 0.717) is 5.92 Å². The van der Waals surface area contributed by atoms with Gasteiger partial charge in [-0.15, -0.1) is 0 Å². The second-order valence-electron chi connectivity index (χ2n) is 4.73. The maximum Gasteiger partial charge on any atom is 0.133 e. The van der Waals surface area contributed by atoms with Gasteiger partial charge in [0.05, 0.1) is 0 Å². The van der Waals surface area contributed by atoms with Crippen LogP contribution < -0.4 is 0 Å². The molecule has 0 radical (unpaired) electrons. The van der Waals surface area contributed by atoms with Crippen LogP contribution in [-0.4, -0.2) is 0 Å². The second kappa shape index (κ2) is 4.79. The largest absolute Gasteiger partial charge is 0.461 e. The van der Waals surface area contributed by atoms with Gasteiger partial charge in [0.1, 0.15) is 11.5 Å². The minimum absolute atomic E-state index is 0.598. The lowest BCUT2D eigenvalue weighted by atomic mass is 9.88. The highest BCUT2D eigenvalue weighted by Gasteiger charge is 2.23. The Labute approximate surface area is 104 Å². The van der Waals surface area contributed by atoms with Crippen LogP contribution >= 0.6 is 0 Å². The van der Waals surface area contributed by atoms with Gasteiger partial charge < -0.3 is 4.42 Å². The molecule has 17 heavy (non-hydrogen) atoms. The van der Waals surface area contributed by atoms with Gasteiger partial charge in [0, 0.05) is 17.5 Å². The third-order valence-corrected chi connectivity index (χ3v) is 3.26. The quantitative estimate of drug-likeness (QED) is 0.687. The van der Waals surface area contributed by atoms with Gasteiger partial charge in [-0.05, 0) is 24.8 Å². The van der Waals surface area contributed by atoms with Crippen molar-refractivity contribution in [3.05, 3.63) is 47.5 Å². The van der Waals surface area contributed by atoms with Gasteiger partial charge in [-0.25, -0.2) is 0 Å². The SMILES string of the molecule is C=C/C=C\c1c(CC)oc2c1CC(C)C=C2C. The van der Waals surface area contributed by atoms with E-state index < -0.39 is 0 Å². The standard InChI is InChI=1S/C16H20O/c1-5-7-8-13-14-10-11(3)9-12(4)16(14)17-15(13)6-2/h5,7-9,11H,1,6,10H2,2-4H3/b8-7-. The molecule has 1 unspecified atom stereocenters. The molecule has 1 aromatic heterocycles. The van der Waals surface area contributed by atoms with Crippen molar-refractivity contribution in [3.63, 3.8) is 0 Å². The second-order valence-corrected chi connectivity index (χ2v) is 4.73. The fraction of sp³-hybridized carbons (Fsp3) is 0.375. The van der Waals surface area contributed by atoms with Crippen LogP contribution in [0, 0.1) is 5.92 Å². The van der Waals surface area contributed by atoms with Crippen molar-refractivity contribution in [1.82, 2.24) is 0 Å². The Balaban J connectivity index is 2.55. The highest BCUT2D eigenvalue weighted by atomic mass is 16.3. The summed E-state index contributed by atoms with van der Waals surface area (Å²) in [6, 6.07) is 0. The number of furan rings is 1. The van der Waals surface area contributed by atoms with Crippen molar-refractivity contribution in [3.8, 4) is 0 Å². The van der Waals surface area contributed by atoms with Gasteiger partial charge in [0.15, 0.2) is 0 Å². The molecule has 1 heterocycles. The predicted octanol–water partition coefficient (Wildman–Crippen LogP) is 4.64. The number of aryl methyl sites for hydroxylation is 1. The molecule has 1 atom stereocenters. The van der Waals surface area contributed by atoms with Crippen LogP contribution in [0.2, 0.25) is 0 Å². The third-order valence-electron chi connectivity index (χ3n) is 3.26. The fourth-order valence-corrected chi connectivity index (χ4v) is 2.56. The molecular formula is C16H20O. The normalized spacial score (nSPS) is 19.2. The highest BCUT2D eigenvalue weighted by Crippen LogP contribution is 2.36. The summed E-state index contributed by atoms with van der Waals surface area (Å²) < 4.78 is 5.99. The number of allylic oxidation sites excluding steroid dienone is 4.